The number of rotatable bonds is 4. The SMILES string of the molecule is C=C(Nc1ccc(C#N)cc1)C1CC12CCC(c1ccnc3ccccc13)CC2. The first-order valence-electron chi connectivity index (χ1n) is 10.5. The summed E-state index contributed by atoms with van der Waals surface area (Å²) in [7, 11) is 0. The lowest BCUT2D eigenvalue weighted by molar-refractivity contribution is 0.290. The van der Waals surface area contributed by atoms with Crippen LogP contribution in [0.4, 0.5) is 5.69 Å². The van der Waals surface area contributed by atoms with Crippen molar-refractivity contribution in [3.63, 3.8) is 0 Å². The lowest BCUT2D eigenvalue weighted by Gasteiger charge is -2.31. The van der Waals surface area contributed by atoms with Gasteiger partial charge in [-0.1, -0.05) is 24.8 Å². The predicted molar refractivity (Wildman–Crippen MR) is 117 cm³/mol. The molecule has 2 aromatic carbocycles. The average Bonchev–Trinajstić information content (AvgIpc) is 3.48. The second kappa shape index (κ2) is 7.04. The fourth-order valence-corrected chi connectivity index (χ4v) is 5.27. The largest absolute Gasteiger partial charge is 0.359 e. The monoisotopic (exact) mass is 379 g/mol. The van der Waals surface area contributed by atoms with E-state index in [1.54, 1.807) is 0 Å². The number of fused-ring (bicyclic) bond motifs is 1. The third-order valence-electron chi connectivity index (χ3n) is 7.03. The molecule has 0 amide bonds. The number of nitriles is 1. The van der Waals surface area contributed by atoms with Gasteiger partial charge in [0, 0.05) is 28.9 Å². The van der Waals surface area contributed by atoms with Crippen LogP contribution in [0.25, 0.3) is 10.9 Å². The molecule has 2 aliphatic carbocycles. The number of para-hydroxylation sites is 1. The maximum Gasteiger partial charge on any atom is 0.0991 e. The highest BCUT2D eigenvalue weighted by atomic mass is 14.9. The van der Waals surface area contributed by atoms with Gasteiger partial charge in [-0.05, 0) is 85.4 Å². The molecule has 3 aromatic rings. The highest BCUT2D eigenvalue weighted by Gasteiger charge is 2.56. The van der Waals surface area contributed by atoms with Crippen molar-refractivity contribution in [2.24, 2.45) is 11.3 Å². The molecule has 1 spiro atoms. The lowest BCUT2D eigenvalue weighted by Crippen LogP contribution is -2.18. The highest BCUT2D eigenvalue weighted by molar-refractivity contribution is 5.82. The van der Waals surface area contributed by atoms with Crippen molar-refractivity contribution in [1.29, 1.82) is 5.26 Å². The van der Waals surface area contributed by atoms with Crippen LogP contribution in [0, 0.1) is 22.7 Å². The van der Waals surface area contributed by atoms with E-state index in [1.165, 1.54) is 43.1 Å². The van der Waals surface area contributed by atoms with Crippen LogP contribution in [-0.4, -0.2) is 4.98 Å². The normalized spacial score (nSPS) is 25.5. The van der Waals surface area contributed by atoms with Crippen LogP contribution in [0.2, 0.25) is 0 Å². The molecule has 0 bridgehead atoms. The van der Waals surface area contributed by atoms with E-state index in [4.69, 9.17) is 5.26 Å². The summed E-state index contributed by atoms with van der Waals surface area (Å²) in [5, 5.41) is 13.7. The van der Waals surface area contributed by atoms with Gasteiger partial charge in [0.1, 0.15) is 0 Å². The third-order valence-corrected chi connectivity index (χ3v) is 7.03. The quantitative estimate of drug-likeness (QED) is 0.571. The summed E-state index contributed by atoms with van der Waals surface area (Å²) in [6.45, 7) is 4.34. The van der Waals surface area contributed by atoms with Crippen LogP contribution in [-0.2, 0) is 0 Å². The van der Waals surface area contributed by atoms with Crippen LogP contribution in [0.5, 0.6) is 0 Å². The number of hydrogen-bond donors (Lipinski definition) is 1. The first-order valence-corrected chi connectivity index (χ1v) is 10.5. The molecular formula is C26H25N3. The molecule has 1 atom stereocenters. The van der Waals surface area contributed by atoms with Crippen molar-refractivity contribution in [2.45, 2.75) is 38.0 Å². The first-order chi connectivity index (χ1) is 14.2. The smallest absolute Gasteiger partial charge is 0.0991 e. The van der Waals surface area contributed by atoms with Crippen molar-refractivity contribution in [2.75, 3.05) is 5.32 Å². The number of allylic oxidation sites excluding steroid dienone is 1. The Balaban J connectivity index is 1.24. The van der Waals surface area contributed by atoms with Crippen LogP contribution >= 0.6 is 0 Å². The molecule has 5 rings (SSSR count). The minimum atomic E-state index is 0.440. The molecule has 1 unspecified atom stereocenters. The topological polar surface area (TPSA) is 48.7 Å². The molecule has 3 heteroatoms. The van der Waals surface area contributed by atoms with Gasteiger partial charge >= 0.3 is 0 Å². The molecule has 0 radical (unpaired) electrons. The summed E-state index contributed by atoms with van der Waals surface area (Å²) in [5.74, 6) is 1.20. The van der Waals surface area contributed by atoms with Crippen molar-refractivity contribution in [3.8, 4) is 6.07 Å². The summed E-state index contributed by atoms with van der Waals surface area (Å²) < 4.78 is 0. The Hall–Kier alpha value is -3.12. The Kier molecular flexibility index (Phi) is 4.36. The van der Waals surface area contributed by atoms with Crippen LogP contribution in [0.1, 0.15) is 49.1 Å². The summed E-state index contributed by atoms with van der Waals surface area (Å²) >= 11 is 0. The fraction of sp³-hybridized carbons (Fsp3) is 0.308. The zero-order valence-electron chi connectivity index (χ0n) is 16.6. The predicted octanol–water partition coefficient (Wildman–Crippen LogP) is 6.40. The van der Waals surface area contributed by atoms with Gasteiger partial charge in [-0.15, -0.1) is 0 Å². The molecule has 2 fully saturated rings. The van der Waals surface area contributed by atoms with Gasteiger partial charge in [0.15, 0.2) is 0 Å². The van der Waals surface area contributed by atoms with Gasteiger partial charge in [-0.25, -0.2) is 0 Å². The Morgan fingerprint density at radius 1 is 1.07 bits per heavy atom. The van der Waals surface area contributed by atoms with E-state index in [9.17, 15) is 0 Å². The van der Waals surface area contributed by atoms with Crippen LogP contribution < -0.4 is 5.32 Å². The maximum atomic E-state index is 8.95. The van der Waals surface area contributed by atoms with Crippen molar-refractivity contribution < 1.29 is 0 Å². The summed E-state index contributed by atoms with van der Waals surface area (Å²) in [4.78, 5) is 4.53. The van der Waals surface area contributed by atoms with Crippen molar-refractivity contribution in [3.05, 3.63) is 84.2 Å². The average molecular weight is 380 g/mol. The molecule has 2 aliphatic rings. The molecule has 29 heavy (non-hydrogen) atoms. The Bertz CT molecular complexity index is 1090. The lowest BCUT2D eigenvalue weighted by atomic mass is 9.75. The van der Waals surface area contributed by atoms with E-state index < -0.39 is 0 Å². The minimum absolute atomic E-state index is 0.440. The highest BCUT2D eigenvalue weighted by Crippen LogP contribution is 2.65. The minimum Gasteiger partial charge on any atom is -0.359 e. The zero-order chi connectivity index (χ0) is 19.8. The van der Waals surface area contributed by atoms with E-state index in [2.05, 4.69) is 53.3 Å². The molecule has 3 nitrogen and oxygen atoms in total. The van der Waals surface area contributed by atoms with E-state index in [1.807, 2.05) is 30.5 Å². The van der Waals surface area contributed by atoms with Gasteiger partial charge in [0.2, 0.25) is 0 Å². The van der Waals surface area contributed by atoms with Crippen LogP contribution in [0.3, 0.4) is 0 Å². The van der Waals surface area contributed by atoms with E-state index >= 15 is 0 Å². The number of nitrogens with one attached hydrogen (secondary N) is 1. The molecule has 0 saturated heterocycles. The zero-order valence-corrected chi connectivity index (χ0v) is 16.6. The molecule has 1 N–H and O–H groups in total. The number of nitrogens with zero attached hydrogens (tertiary/aromatic N) is 2. The van der Waals surface area contributed by atoms with Gasteiger partial charge < -0.3 is 5.32 Å². The van der Waals surface area contributed by atoms with E-state index in [0.717, 1.165) is 16.9 Å². The molecule has 2 saturated carbocycles. The fourth-order valence-electron chi connectivity index (χ4n) is 5.27. The molecule has 1 heterocycles. The summed E-state index contributed by atoms with van der Waals surface area (Å²) in [6, 6.07) is 20.5. The molecule has 0 aliphatic heterocycles. The Morgan fingerprint density at radius 2 is 1.83 bits per heavy atom. The van der Waals surface area contributed by atoms with Gasteiger partial charge in [0.05, 0.1) is 17.1 Å². The number of anilines is 1. The molecule has 144 valence electrons. The second-order valence-corrected chi connectivity index (χ2v) is 8.65. The Labute approximate surface area is 172 Å². The van der Waals surface area contributed by atoms with Gasteiger partial charge in [-0.3, -0.25) is 4.98 Å². The van der Waals surface area contributed by atoms with Crippen molar-refractivity contribution >= 4 is 16.6 Å². The number of pyridine rings is 1. The van der Waals surface area contributed by atoms with Crippen LogP contribution in [0.15, 0.2) is 73.1 Å². The number of benzene rings is 2. The Morgan fingerprint density at radius 3 is 2.59 bits per heavy atom. The van der Waals surface area contributed by atoms with Gasteiger partial charge in [-0.2, -0.15) is 5.26 Å². The molecule has 1 aromatic heterocycles. The molecular weight excluding hydrogens is 354 g/mol. The maximum absolute atomic E-state index is 8.95. The van der Waals surface area contributed by atoms with E-state index in [0.29, 0.717) is 22.8 Å². The second-order valence-electron chi connectivity index (χ2n) is 8.65. The van der Waals surface area contributed by atoms with Crippen molar-refractivity contribution in [1.82, 2.24) is 4.98 Å². The number of aromatic nitrogens is 1. The number of hydrogen-bond acceptors (Lipinski definition) is 3. The van der Waals surface area contributed by atoms with E-state index in [-0.39, 0.29) is 0 Å². The van der Waals surface area contributed by atoms with Gasteiger partial charge in [0.25, 0.3) is 0 Å². The first kappa shape index (κ1) is 17.9. The summed E-state index contributed by atoms with van der Waals surface area (Å²) in [6.07, 6.45) is 8.24. The standard InChI is InChI=1S/C26H25N3/c1-18(29-21-8-6-19(17-27)7-9-21)24-16-26(24)13-10-20(11-14-26)22-12-15-28-25-5-3-2-4-23(22)25/h2-9,12,15,20,24,29H,1,10-11,13-14,16H2. The third kappa shape index (κ3) is 3.29. The summed E-state index contributed by atoms with van der Waals surface area (Å²) in [5.41, 5.74) is 5.85.